The predicted molar refractivity (Wildman–Crippen MR) is 54.7 cm³/mol. The molecule has 0 aliphatic rings. The minimum atomic E-state index is -0.847. The summed E-state index contributed by atoms with van der Waals surface area (Å²) in [6, 6.07) is 0. The molecule has 0 aromatic carbocycles. The van der Waals surface area contributed by atoms with Crippen molar-refractivity contribution in [2.75, 3.05) is 0 Å². The van der Waals surface area contributed by atoms with Crippen LogP contribution in [0.2, 0.25) is 0 Å². The van der Waals surface area contributed by atoms with Crippen molar-refractivity contribution in [3.05, 3.63) is 23.3 Å². The predicted octanol–water partition coefficient (Wildman–Crippen LogP) is 3.15. The summed E-state index contributed by atoms with van der Waals surface area (Å²) in [5.74, 6) is -0.847. The number of carbonyl (C=O) groups is 1. The number of unbranched alkanes of at least 4 members (excludes halogenated alkanes) is 1. The van der Waals surface area contributed by atoms with Crippen LogP contribution in [0.25, 0.3) is 0 Å². The highest BCUT2D eigenvalue weighted by Crippen LogP contribution is 2.07. The van der Waals surface area contributed by atoms with E-state index in [2.05, 4.69) is 19.9 Å². The third kappa shape index (κ3) is 8.86. The molecule has 0 aromatic rings. The van der Waals surface area contributed by atoms with Gasteiger partial charge in [-0.25, -0.2) is 4.79 Å². The van der Waals surface area contributed by atoms with Gasteiger partial charge < -0.3 is 5.11 Å². The van der Waals surface area contributed by atoms with Crippen molar-refractivity contribution in [3.63, 3.8) is 0 Å². The van der Waals surface area contributed by atoms with Crippen molar-refractivity contribution in [1.29, 1.82) is 0 Å². The third-order valence-corrected chi connectivity index (χ3v) is 1.70. The van der Waals surface area contributed by atoms with Gasteiger partial charge in [0, 0.05) is 6.08 Å². The van der Waals surface area contributed by atoms with Crippen LogP contribution in [0.4, 0.5) is 0 Å². The number of allylic oxidation sites excluding steroid dienone is 3. The van der Waals surface area contributed by atoms with Crippen LogP contribution in [0.15, 0.2) is 23.3 Å². The quantitative estimate of drug-likeness (QED) is 0.403. The molecule has 1 N–H and O–H groups in total. The minimum Gasteiger partial charge on any atom is -0.478 e. The molecular weight excluding hydrogens is 164 g/mol. The Morgan fingerprint density at radius 2 is 1.92 bits per heavy atom. The van der Waals surface area contributed by atoms with E-state index in [1.54, 1.807) is 0 Å². The molecule has 0 fully saturated rings. The van der Waals surface area contributed by atoms with Gasteiger partial charge in [0.15, 0.2) is 0 Å². The summed E-state index contributed by atoms with van der Waals surface area (Å²) in [5.41, 5.74) is 2.26. The van der Waals surface area contributed by atoms with E-state index in [-0.39, 0.29) is 0 Å². The van der Waals surface area contributed by atoms with Crippen molar-refractivity contribution >= 4 is 5.97 Å². The SMILES string of the molecule is CC(C)=CCCCC(C)=CC(=O)O. The van der Waals surface area contributed by atoms with Crippen molar-refractivity contribution in [2.45, 2.75) is 40.0 Å². The first-order valence-electron chi connectivity index (χ1n) is 4.56. The van der Waals surface area contributed by atoms with Crippen LogP contribution in [-0.2, 0) is 4.79 Å². The Hall–Kier alpha value is -1.05. The lowest BCUT2D eigenvalue weighted by Gasteiger charge is -1.97. The molecule has 0 saturated carbocycles. The number of rotatable bonds is 5. The molecule has 0 radical (unpaired) electrons. The number of carboxylic acids is 1. The second-order valence-corrected chi connectivity index (χ2v) is 3.50. The molecule has 2 nitrogen and oxygen atoms in total. The van der Waals surface area contributed by atoms with E-state index in [4.69, 9.17) is 5.11 Å². The van der Waals surface area contributed by atoms with E-state index in [1.165, 1.54) is 11.6 Å². The van der Waals surface area contributed by atoms with E-state index in [0.29, 0.717) is 0 Å². The molecule has 0 bridgehead atoms. The maximum Gasteiger partial charge on any atom is 0.328 e. The molecule has 0 spiro atoms. The molecule has 0 saturated heterocycles. The molecule has 2 heteroatoms. The Balaban J connectivity index is 3.65. The fraction of sp³-hybridized carbons (Fsp3) is 0.545. The molecule has 13 heavy (non-hydrogen) atoms. The molecular formula is C11H18O2. The van der Waals surface area contributed by atoms with Crippen molar-refractivity contribution < 1.29 is 9.90 Å². The van der Waals surface area contributed by atoms with Crippen molar-refractivity contribution in [2.24, 2.45) is 0 Å². The molecule has 0 unspecified atom stereocenters. The lowest BCUT2D eigenvalue weighted by atomic mass is 10.1. The Labute approximate surface area is 80.0 Å². The lowest BCUT2D eigenvalue weighted by Crippen LogP contribution is -1.89. The zero-order chi connectivity index (χ0) is 10.3. The summed E-state index contributed by atoms with van der Waals surface area (Å²) >= 11 is 0. The third-order valence-electron chi connectivity index (χ3n) is 1.70. The maximum absolute atomic E-state index is 10.3. The van der Waals surface area contributed by atoms with Crippen LogP contribution in [0.3, 0.4) is 0 Å². The van der Waals surface area contributed by atoms with E-state index in [1.807, 2.05) is 6.92 Å². The van der Waals surface area contributed by atoms with E-state index >= 15 is 0 Å². The molecule has 0 heterocycles. The average Bonchev–Trinajstić information content (AvgIpc) is 1.96. The monoisotopic (exact) mass is 182 g/mol. The first-order valence-corrected chi connectivity index (χ1v) is 4.56. The van der Waals surface area contributed by atoms with Crippen LogP contribution < -0.4 is 0 Å². The maximum atomic E-state index is 10.3. The number of hydrogen-bond acceptors (Lipinski definition) is 1. The highest BCUT2D eigenvalue weighted by Gasteiger charge is 1.93. The normalized spacial score (nSPS) is 11.2. The van der Waals surface area contributed by atoms with Gasteiger partial charge in [0.1, 0.15) is 0 Å². The van der Waals surface area contributed by atoms with Gasteiger partial charge in [0.05, 0.1) is 0 Å². The van der Waals surface area contributed by atoms with Gasteiger partial charge in [-0.2, -0.15) is 0 Å². The number of aliphatic carboxylic acids is 1. The summed E-state index contributed by atoms with van der Waals surface area (Å²) in [6.45, 7) is 6.00. The number of hydrogen-bond donors (Lipinski definition) is 1. The lowest BCUT2D eigenvalue weighted by molar-refractivity contribution is -0.131. The second kappa shape index (κ2) is 6.46. The van der Waals surface area contributed by atoms with Gasteiger partial charge in [-0.15, -0.1) is 0 Å². The molecule has 0 rings (SSSR count). The Morgan fingerprint density at radius 3 is 2.38 bits per heavy atom. The first kappa shape index (κ1) is 11.9. The Morgan fingerprint density at radius 1 is 1.31 bits per heavy atom. The van der Waals surface area contributed by atoms with Gasteiger partial charge in [0.25, 0.3) is 0 Å². The van der Waals surface area contributed by atoms with E-state index in [0.717, 1.165) is 24.8 Å². The van der Waals surface area contributed by atoms with Crippen LogP contribution in [-0.4, -0.2) is 11.1 Å². The topological polar surface area (TPSA) is 37.3 Å². The zero-order valence-electron chi connectivity index (χ0n) is 8.63. The molecule has 74 valence electrons. The summed E-state index contributed by atoms with van der Waals surface area (Å²) in [5, 5.41) is 8.44. The second-order valence-electron chi connectivity index (χ2n) is 3.50. The molecule has 0 aliphatic carbocycles. The van der Waals surface area contributed by atoms with E-state index in [9.17, 15) is 4.79 Å². The van der Waals surface area contributed by atoms with Gasteiger partial charge in [-0.05, 0) is 40.0 Å². The molecule has 0 amide bonds. The fourth-order valence-electron chi connectivity index (χ4n) is 1.05. The molecule has 0 aromatic heterocycles. The summed E-state index contributed by atoms with van der Waals surface area (Å²) in [4.78, 5) is 10.3. The first-order chi connectivity index (χ1) is 6.02. The van der Waals surface area contributed by atoms with Crippen LogP contribution >= 0.6 is 0 Å². The largest absolute Gasteiger partial charge is 0.478 e. The Kier molecular flexibility index (Phi) is 5.94. The van der Waals surface area contributed by atoms with Gasteiger partial charge >= 0.3 is 5.97 Å². The number of carboxylic acid groups (broad SMARTS) is 1. The van der Waals surface area contributed by atoms with Crippen molar-refractivity contribution in [1.82, 2.24) is 0 Å². The highest BCUT2D eigenvalue weighted by molar-refractivity contribution is 5.80. The average molecular weight is 182 g/mol. The molecule has 0 atom stereocenters. The smallest absolute Gasteiger partial charge is 0.328 e. The zero-order valence-corrected chi connectivity index (χ0v) is 8.63. The minimum absolute atomic E-state index is 0.847. The summed E-state index contributed by atoms with van der Waals surface area (Å²) < 4.78 is 0. The standard InChI is InChI=1S/C11H18O2/c1-9(2)6-4-5-7-10(3)8-11(12)13/h6,8H,4-5,7H2,1-3H3,(H,12,13). The van der Waals surface area contributed by atoms with Gasteiger partial charge in [-0.1, -0.05) is 17.2 Å². The van der Waals surface area contributed by atoms with Gasteiger partial charge in [0.2, 0.25) is 0 Å². The molecule has 0 aliphatic heterocycles. The van der Waals surface area contributed by atoms with Crippen LogP contribution in [0.5, 0.6) is 0 Å². The van der Waals surface area contributed by atoms with E-state index < -0.39 is 5.97 Å². The van der Waals surface area contributed by atoms with Gasteiger partial charge in [-0.3, -0.25) is 0 Å². The van der Waals surface area contributed by atoms with Crippen LogP contribution in [0, 0.1) is 0 Å². The fourth-order valence-corrected chi connectivity index (χ4v) is 1.05. The Bertz CT molecular complexity index is 220. The van der Waals surface area contributed by atoms with Crippen molar-refractivity contribution in [3.8, 4) is 0 Å². The summed E-state index contributed by atoms with van der Waals surface area (Å²) in [7, 11) is 0. The highest BCUT2D eigenvalue weighted by atomic mass is 16.4. The summed E-state index contributed by atoms with van der Waals surface area (Å²) in [6.07, 6.45) is 6.39. The van der Waals surface area contributed by atoms with Crippen LogP contribution in [0.1, 0.15) is 40.0 Å².